The molecule has 0 unspecified atom stereocenters. The summed E-state index contributed by atoms with van der Waals surface area (Å²) in [6.45, 7) is 3.76. The Hall–Kier alpha value is -2.54. The number of hydrogen-bond acceptors (Lipinski definition) is 1. The van der Waals surface area contributed by atoms with Gasteiger partial charge in [0, 0.05) is 16.8 Å². The number of rotatable bonds is 4. The van der Waals surface area contributed by atoms with Crippen molar-refractivity contribution in [1.29, 1.82) is 0 Å². The quantitative estimate of drug-likeness (QED) is 0.626. The third-order valence-electron chi connectivity index (χ3n) is 3.40. The molecule has 0 saturated carbocycles. The van der Waals surface area contributed by atoms with E-state index in [1.165, 1.54) is 16.3 Å². The van der Waals surface area contributed by atoms with Crippen molar-refractivity contribution in [2.75, 3.05) is 5.32 Å². The Labute approximate surface area is 119 Å². The van der Waals surface area contributed by atoms with E-state index in [1.807, 2.05) is 6.08 Å². The summed E-state index contributed by atoms with van der Waals surface area (Å²) in [5, 5.41) is 5.98. The van der Waals surface area contributed by atoms with Crippen LogP contribution < -0.4 is 5.32 Å². The first kappa shape index (κ1) is 12.5. The van der Waals surface area contributed by atoms with E-state index in [0.717, 1.165) is 17.8 Å². The third kappa shape index (κ3) is 2.57. The van der Waals surface area contributed by atoms with Crippen LogP contribution in [-0.2, 0) is 6.42 Å². The maximum absolute atomic E-state index is 3.76. The number of benzene rings is 3. The summed E-state index contributed by atoms with van der Waals surface area (Å²) in [4.78, 5) is 0. The molecule has 1 heteroatoms. The van der Waals surface area contributed by atoms with Gasteiger partial charge in [0.15, 0.2) is 0 Å². The summed E-state index contributed by atoms with van der Waals surface area (Å²) in [5.41, 5.74) is 3.53. The van der Waals surface area contributed by atoms with Crippen molar-refractivity contribution in [3.63, 3.8) is 0 Å². The monoisotopic (exact) mass is 259 g/mol. The molecule has 3 aromatic rings. The van der Waals surface area contributed by atoms with Crippen molar-refractivity contribution >= 4 is 22.1 Å². The first-order valence-electron chi connectivity index (χ1n) is 6.81. The van der Waals surface area contributed by atoms with Crippen LogP contribution in [-0.4, -0.2) is 0 Å². The van der Waals surface area contributed by atoms with E-state index in [0.29, 0.717) is 0 Å². The zero-order chi connectivity index (χ0) is 13.8. The lowest BCUT2D eigenvalue weighted by Crippen LogP contribution is -1.91. The fourth-order valence-corrected chi connectivity index (χ4v) is 2.38. The molecule has 0 aromatic heterocycles. The van der Waals surface area contributed by atoms with Gasteiger partial charge < -0.3 is 5.32 Å². The number of allylic oxidation sites excluding steroid dienone is 1. The standard InChI is InChI=1S/C19H17N/c1-2-6-15-11-13-17(14-12-15)20-19-10-5-8-16-7-3-4-9-18(16)19/h2-5,7-14,20H,1,6H2. The molecule has 20 heavy (non-hydrogen) atoms. The Balaban J connectivity index is 1.91. The second-order valence-corrected chi connectivity index (χ2v) is 4.84. The lowest BCUT2D eigenvalue weighted by molar-refractivity contribution is 1.28. The highest BCUT2D eigenvalue weighted by molar-refractivity contribution is 5.95. The maximum atomic E-state index is 3.76. The second-order valence-electron chi connectivity index (χ2n) is 4.84. The van der Waals surface area contributed by atoms with Gasteiger partial charge in [0.2, 0.25) is 0 Å². The van der Waals surface area contributed by atoms with Gasteiger partial charge in [-0.25, -0.2) is 0 Å². The molecular formula is C19H17N. The van der Waals surface area contributed by atoms with Crippen molar-refractivity contribution in [3.8, 4) is 0 Å². The van der Waals surface area contributed by atoms with E-state index in [9.17, 15) is 0 Å². The van der Waals surface area contributed by atoms with Crippen LogP contribution in [0.5, 0.6) is 0 Å². The highest BCUT2D eigenvalue weighted by Crippen LogP contribution is 2.26. The molecule has 0 atom stereocenters. The summed E-state index contributed by atoms with van der Waals surface area (Å²) in [6, 6.07) is 23.2. The van der Waals surface area contributed by atoms with Gasteiger partial charge in [0.25, 0.3) is 0 Å². The normalized spacial score (nSPS) is 10.4. The number of nitrogens with one attached hydrogen (secondary N) is 1. The van der Waals surface area contributed by atoms with Crippen molar-refractivity contribution in [1.82, 2.24) is 0 Å². The first-order chi connectivity index (χ1) is 9.86. The summed E-state index contributed by atoms with van der Waals surface area (Å²) < 4.78 is 0. The maximum Gasteiger partial charge on any atom is 0.0463 e. The van der Waals surface area contributed by atoms with Gasteiger partial charge in [0.05, 0.1) is 0 Å². The molecule has 0 saturated heterocycles. The molecule has 1 N–H and O–H groups in total. The van der Waals surface area contributed by atoms with Crippen LogP contribution in [0.4, 0.5) is 11.4 Å². The van der Waals surface area contributed by atoms with E-state index in [4.69, 9.17) is 0 Å². The predicted molar refractivity (Wildman–Crippen MR) is 87.6 cm³/mol. The van der Waals surface area contributed by atoms with Gasteiger partial charge in [-0.1, -0.05) is 54.6 Å². The molecule has 0 aliphatic carbocycles. The third-order valence-corrected chi connectivity index (χ3v) is 3.40. The smallest absolute Gasteiger partial charge is 0.0463 e. The van der Waals surface area contributed by atoms with Crippen LogP contribution in [0.2, 0.25) is 0 Å². The predicted octanol–water partition coefficient (Wildman–Crippen LogP) is 5.31. The molecule has 0 aliphatic rings. The first-order valence-corrected chi connectivity index (χ1v) is 6.81. The van der Waals surface area contributed by atoms with Gasteiger partial charge in [-0.05, 0) is 35.6 Å². The van der Waals surface area contributed by atoms with E-state index in [2.05, 4.69) is 78.6 Å². The molecule has 1 nitrogen and oxygen atoms in total. The van der Waals surface area contributed by atoms with Gasteiger partial charge in [0.1, 0.15) is 0 Å². The fraction of sp³-hybridized carbons (Fsp3) is 0.0526. The average Bonchev–Trinajstić information content (AvgIpc) is 2.50. The molecule has 0 aliphatic heterocycles. The molecule has 0 amide bonds. The lowest BCUT2D eigenvalue weighted by Gasteiger charge is -2.10. The van der Waals surface area contributed by atoms with Gasteiger partial charge in [-0.15, -0.1) is 6.58 Å². The summed E-state index contributed by atoms with van der Waals surface area (Å²) in [5.74, 6) is 0. The van der Waals surface area contributed by atoms with Crippen LogP contribution in [0, 0.1) is 0 Å². The molecule has 3 rings (SSSR count). The molecular weight excluding hydrogens is 242 g/mol. The van der Waals surface area contributed by atoms with Gasteiger partial charge in [-0.3, -0.25) is 0 Å². The largest absolute Gasteiger partial charge is 0.355 e. The van der Waals surface area contributed by atoms with E-state index >= 15 is 0 Å². The average molecular weight is 259 g/mol. The van der Waals surface area contributed by atoms with Crippen LogP contribution in [0.15, 0.2) is 79.4 Å². The summed E-state index contributed by atoms with van der Waals surface area (Å²) in [7, 11) is 0. The zero-order valence-electron chi connectivity index (χ0n) is 11.3. The van der Waals surface area contributed by atoms with Crippen LogP contribution in [0.25, 0.3) is 10.8 Å². The minimum absolute atomic E-state index is 0.911. The summed E-state index contributed by atoms with van der Waals surface area (Å²) in [6.07, 6.45) is 2.84. The molecule has 3 aromatic carbocycles. The Morgan fingerprint density at radius 1 is 0.850 bits per heavy atom. The van der Waals surface area contributed by atoms with E-state index in [-0.39, 0.29) is 0 Å². The number of anilines is 2. The van der Waals surface area contributed by atoms with Crippen molar-refractivity contribution in [2.45, 2.75) is 6.42 Å². The molecule has 98 valence electrons. The van der Waals surface area contributed by atoms with Crippen molar-refractivity contribution in [2.24, 2.45) is 0 Å². The van der Waals surface area contributed by atoms with Gasteiger partial charge >= 0.3 is 0 Å². The molecule has 0 heterocycles. The van der Waals surface area contributed by atoms with Gasteiger partial charge in [-0.2, -0.15) is 0 Å². The highest BCUT2D eigenvalue weighted by atomic mass is 14.9. The minimum atomic E-state index is 0.911. The molecule has 0 bridgehead atoms. The Bertz CT molecular complexity index is 721. The molecule has 0 spiro atoms. The zero-order valence-corrected chi connectivity index (χ0v) is 11.3. The van der Waals surface area contributed by atoms with Crippen LogP contribution in [0.1, 0.15) is 5.56 Å². The Morgan fingerprint density at radius 2 is 1.60 bits per heavy atom. The Morgan fingerprint density at radius 3 is 2.40 bits per heavy atom. The SMILES string of the molecule is C=CCc1ccc(Nc2cccc3ccccc23)cc1. The lowest BCUT2D eigenvalue weighted by atomic mass is 10.1. The molecule has 0 fully saturated rings. The van der Waals surface area contributed by atoms with Crippen LogP contribution >= 0.6 is 0 Å². The van der Waals surface area contributed by atoms with Crippen molar-refractivity contribution in [3.05, 3.63) is 84.9 Å². The number of hydrogen-bond donors (Lipinski definition) is 1. The van der Waals surface area contributed by atoms with E-state index in [1.54, 1.807) is 0 Å². The highest BCUT2D eigenvalue weighted by Gasteiger charge is 2.00. The second kappa shape index (κ2) is 5.62. The van der Waals surface area contributed by atoms with Crippen LogP contribution in [0.3, 0.4) is 0 Å². The van der Waals surface area contributed by atoms with E-state index < -0.39 is 0 Å². The number of fused-ring (bicyclic) bond motifs is 1. The minimum Gasteiger partial charge on any atom is -0.355 e. The summed E-state index contributed by atoms with van der Waals surface area (Å²) >= 11 is 0. The fourth-order valence-electron chi connectivity index (χ4n) is 2.38. The van der Waals surface area contributed by atoms with Crippen molar-refractivity contribution < 1.29 is 0 Å². The molecule has 0 radical (unpaired) electrons. The Kier molecular flexibility index (Phi) is 3.51. The topological polar surface area (TPSA) is 12.0 Å².